The Kier molecular flexibility index (Phi) is 4.36. The Labute approximate surface area is 128 Å². The topological polar surface area (TPSA) is 54.0 Å². The fourth-order valence-corrected chi connectivity index (χ4v) is 2.92. The van der Waals surface area contributed by atoms with Crippen LogP contribution in [0.2, 0.25) is 5.02 Å². The average Bonchev–Trinajstić information content (AvgIpc) is 2.72. The maximum absolute atomic E-state index is 11.9. The molecule has 4 nitrogen and oxygen atoms in total. The Hall–Kier alpha value is -1.65. The van der Waals surface area contributed by atoms with Gasteiger partial charge in [-0.1, -0.05) is 17.7 Å². The molecule has 1 fully saturated rings. The van der Waals surface area contributed by atoms with Crippen molar-refractivity contribution in [3.8, 4) is 0 Å². The summed E-state index contributed by atoms with van der Waals surface area (Å²) in [6, 6.07) is 7.58. The monoisotopic (exact) mass is 303 g/mol. The molecule has 0 radical (unpaired) electrons. The van der Waals surface area contributed by atoms with Crippen molar-refractivity contribution in [2.75, 3.05) is 6.54 Å². The van der Waals surface area contributed by atoms with E-state index in [0.717, 1.165) is 42.3 Å². The summed E-state index contributed by atoms with van der Waals surface area (Å²) < 4.78 is 0. The summed E-state index contributed by atoms with van der Waals surface area (Å²) in [4.78, 5) is 16.4. The van der Waals surface area contributed by atoms with Gasteiger partial charge in [-0.05, 0) is 43.0 Å². The van der Waals surface area contributed by atoms with E-state index >= 15 is 0 Å². The molecule has 21 heavy (non-hydrogen) atoms. The molecule has 3 rings (SSSR count). The van der Waals surface area contributed by atoms with Crippen molar-refractivity contribution in [3.63, 3.8) is 0 Å². The fraction of sp³-hybridized carbons (Fsp3) is 0.375. The number of amides is 1. The molecule has 110 valence electrons. The summed E-state index contributed by atoms with van der Waals surface area (Å²) in [6.45, 7) is 1.39. The van der Waals surface area contributed by atoms with Crippen LogP contribution < -0.4 is 10.6 Å². The molecule has 2 aromatic rings. The van der Waals surface area contributed by atoms with E-state index in [9.17, 15) is 4.79 Å². The largest absolute Gasteiger partial charge is 0.355 e. The van der Waals surface area contributed by atoms with E-state index in [0.29, 0.717) is 11.6 Å². The number of halogens is 1. The molecule has 1 saturated heterocycles. The van der Waals surface area contributed by atoms with Crippen LogP contribution in [0.3, 0.4) is 0 Å². The quantitative estimate of drug-likeness (QED) is 0.916. The summed E-state index contributed by atoms with van der Waals surface area (Å²) in [5.74, 6) is 0.0960. The molecule has 0 spiro atoms. The lowest BCUT2D eigenvalue weighted by atomic mass is 10.1. The van der Waals surface area contributed by atoms with Gasteiger partial charge in [-0.25, -0.2) is 0 Å². The number of pyridine rings is 1. The number of hydrogen-bond donors (Lipinski definition) is 2. The molecule has 0 saturated carbocycles. The van der Waals surface area contributed by atoms with Crippen LogP contribution >= 0.6 is 11.6 Å². The fourth-order valence-electron chi connectivity index (χ4n) is 2.71. The minimum Gasteiger partial charge on any atom is -0.355 e. The van der Waals surface area contributed by atoms with Gasteiger partial charge in [0.05, 0.1) is 11.6 Å². The predicted molar refractivity (Wildman–Crippen MR) is 84.2 cm³/mol. The molecule has 1 aliphatic heterocycles. The highest BCUT2D eigenvalue weighted by atomic mass is 35.5. The number of carbonyl (C=O) groups excluding carboxylic acids is 1. The maximum atomic E-state index is 11.9. The first-order chi connectivity index (χ1) is 10.3. The van der Waals surface area contributed by atoms with Crippen molar-refractivity contribution < 1.29 is 4.79 Å². The van der Waals surface area contributed by atoms with E-state index in [4.69, 9.17) is 11.6 Å². The van der Waals surface area contributed by atoms with Gasteiger partial charge < -0.3 is 10.6 Å². The molecule has 1 amide bonds. The van der Waals surface area contributed by atoms with Crippen LogP contribution in [0, 0.1) is 0 Å². The molecule has 1 aromatic heterocycles. The van der Waals surface area contributed by atoms with Crippen LogP contribution in [0.4, 0.5) is 0 Å². The first-order valence-electron chi connectivity index (χ1n) is 7.29. The third-order valence-electron chi connectivity index (χ3n) is 3.87. The van der Waals surface area contributed by atoms with Crippen LogP contribution in [0.15, 0.2) is 30.5 Å². The number of rotatable bonds is 3. The van der Waals surface area contributed by atoms with Crippen LogP contribution in [-0.2, 0) is 11.3 Å². The Morgan fingerprint density at radius 3 is 3.14 bits per heavy atom. The Bertz CT molecular complexity index is 659. The minimum atomic E-state index is -0.123. The molecular weight excluding hydrogens is 286 g/mol. The minimum absolute atomic E-state index is 0.0960. The SMILES string of the molecule is O=C1NCCCCC1NCc1ccc(Cl)c2cccnc12. The number of benzene rings is 1. The lowest BCUT2D eigenvalue weighted by Gasteiger charge is -2.16. The normalized spacial score (nSPS) is 19.3. The highest BCUT2D eigenvalue weighted by molar-refractivity contribution is 6.35. The number of carbonyl (C=O) groups is 1. The molecule has 1 unspecified atom stereocenters. The molecule has 5 heteroatoms. The number of hydrogen-bond acceptors (Lipinski definition) is 3. The molecule has 0 bridgehead atoms. The molecule has 2 N–H and O–H groups in total. The van der Waals surface area contributed by atoms with Gasteiger partial charge in [0.25, 0.3) is 0 Å². The Morgan fingerprint density at radius 1 is 1.33 bits per heavy atom. The van der Waals surface area contributed by atoms with Crippen LogP contribution in [0.25, 0.3) is 10.9 Å². The van der Waals surface area contributed by atoms with Crippen molar-refractivity contribution in [2.24, 2.45) is 0 Å². The van der Waals surface area contributed by atoms with E-state index in [1.807, 2.05) is 24.3 Å². The summed E-state index contributed by atoms with van der Waals surface area (Å²) in [5, 5.41) is 7.93. The lowest BCUT2D eigenvalue weighted by Crippen LogP contribution is -2.42. The Morgan fingerprint density at radius 2 is 2.24 bits per heavy atom. The molecule has 1 atom stereocenters. The van der Waals surface area contributed by atoms with E-state index in [1.54, 1.807) is 6.20 Å². The van der Waals surface area contributed by atoms with Gasteiger partial charge in [0, 0.05) is 29.7 Å². The standard InChI is InChI=1S/C16H18ClN3O/c17-13-7-6-11(15-12(13)4-3-9-18-15)10-20-14-5-1-2-8-19-16(14)21/h3-4,6-7,9,14,20H,1-2,5,8,10H2,(H,19,21). The average molecular weight is 304 g/mol. The third-order valence-corrected chi connectivity index (χ3v) is 4.20. The van der Waals surface area contributed by atoms with E-state index < -0.39 is 0 Å². The zero-order valence-electron chi connectivity index (χ0n) is 11.7. The van der Waals surface area contributed by atoms with Gasteiger partial charge in [-0.2, -0.15) is 0 Å². The van der Waals surface area contributed by atoms with Gasteiger partial charge >= 0.3 is 0 Å². The molecular formula is C16H18ClN3O. The summed E-state index contributed by atoms with van der Waals surface area (Å²) in [5.41, 5.74) is 1.96. The zero-order chi connectivity index (χ0) is 14.7. The van der Waals surface area contributed by atoms with E-state index in [-0.39, 0.29) is 11.9 Å². The van der Waals surface area contributed by atoms with E-state index in [2.05, 4.69) is 15.6 Å². The Balaban J connectivity index is 1.79. The molecule has 0 aliphatic carbocycles. The van der Waals surface area contributed by atoms with Crippen molar-refractivity contribution in [1.82, 2.24) is 15.6 Å². The van der Waals surface area contributed by atoms with Crippen molar-refractivity contribution in [1.29, 1.82) is 0 Å². The zero-order valence-corrected chi connectivity index (χ0v) is 12.5. The number of fused-ring (bicyclic) bond motifs is 1. The molecule has 1 aromatic carbocycles. The highest BCUT2D eigenvalue weighted by Crippen LogP contribution is 2.24. The molecule has 1 aliphatic rings. The van der Waals surface area contributed by atoms with Gasteiger partial charge in [-0.3, -0.25) is 9.78 Å². The summed E-state index contributed by atoms with van der Waals surface area (Å²) >= 11 is 6.20. The molecule has 2 heterocycles. The number of nitrogens with zero attached hydrogens (tertiary/aromatic N) is 1. The van der Waals surface area contributed by atoms with Crippen LogP contribution in [0.5, 0.6) is 0 Å². The first kappa shape index (κ1) is 14.3. The summed E-state index contributed by atoms with van der Waals surface area (Å²) in [7, 11) is 0. The lowest BCUT2D eigenvalue weighted by molar-refractivity contribution is -0.122. The van der Waals surface area contributed by atoms with Crippen LogP contribution in [0.1, 0.15) is 24.8 Å². The third kappa shape index (κ3) is 3.17. The van der Waals surface area contributed by atoms with Crippen molar-refractivity contribution in [3.05, 3.63) is 41.0 Å². The predicted octanol–water partition coefficient (Wildman–Crippen LogP) is 2.65. The number of aromatic nitrogens is 1. The smallest absolute Gasteiger partial charge is 0.237 e. The van der Waals surface area contributed by atoms with Gasteiger partial charge in [0.1, 0.15) is 0 Å². The van der Waals surface area contributed by atoms with Gasteiger partial charge in [-0.15, -0.1) is 0 Å². The van der Waals surface area contributed by atoms with Crippen molar-refractivity contribution >= 4 is 28.4 Å². The van der Waals surface area contributed by atoms with Gasteiger partial charge in [0.2, 0.25) is 5.91 Å². The first-order valence-corrected chi connectivity index (χ1v) is 7.67. The van der Waals surface area contributed by atoms with Gasteiger partial charge in [0.15, 0.2) is 0 Å². The summed E-state index contributed by atoms with van der Waals surface area (Å²) in [6.07, 6.45) is 4.76. The second-order valence-corrected chi connectivity index (χ2v) is 5.73. The number of nitrogens with one attached hydrogen (secondary N) is 2. The van der Waals surface area contributed by atoms with Crippen molar-refractivity contribution in [2.45, 2.75) is 31.8 Å². The highest BCUT2D eigenvalue weighted by Gasteiger charge is 2.20. The second-order valence-electron chi connectivity index (χ2n) is 5.33. The van der Waals surface area contributed by atoms with E-state index in [1.165, 1.54) is 0 Å². The maximum Gasteiger partial charge on any atom is 0.237 e. The second kappa shape index (κ2) is 6.41. The van der Waals surface area contributed by atoms with Crippen LogP contribution in [-0.4, -0.2) is 23.5 Å².